The summed E-state index contributed by atoms with van der Waals surface area (Å²) < 4.78 is 0. The Morgan fingerprint density at radius 1 is 1.25 bits per heavy atom. The Morgan fingerprint density at radius 3 is 2.44 bits per heavy atom. The van der Waals surface area contributed by atoms with E-state index >= 15 is 0 Å². The van der Waals surface area contributed by atoms with Crippen molar-refractivity contribution in [3.05, 3.63) is 30.3 Å². The summed E-state index contributed by atoms with van der Waals surface area (Å²) >= 11 is 1.39. The van der Waals surface area contributed by atoms with Crippen molar-refractivity contribution in [3.63, 3.8) is 0 Å². The second kappa shape index (κ2) is 6.17. The standard InChI is InChI=1S/C11H14N2O2S/c1-8(16-2)10(14)13-11(15)12-9-6-4-3-5-7-9/h3-8H,1-2H3,(H2,12,13,14,15)/t8-/m1/s1. The highest BCUT2D eigenvalue weighted by molar-refractivity contribution is 7.99. The van der Waals surface area contributed by atoms with Gasteiger partial charge in [0.05, 0.1) is 5.25 Å². The van der Waals surface area contributed by atoms with E-state index in [-0.39, 0.29) is 11.2 Å². The highest BCUT2D eigenvalue weighted by Gasteiger charge is 2.14. The summed E-state index contributed by atoms with van der Waals surface area (Å²) in [7, 11) is 0. The molecule has 1 aromatic carbocycles. The lowest BCUT2D eigenvalue weighted by Gasteiger charge is -2.09. The van der Waals surface area contributed by atoms with Gasteiger partial charge in [0.1, 0.15) is 0 Å². The highest BCUT2D eigenvalue weighted by Crippen LogP contribution is 2.06. The highest BCUT2D eigenvalue weighted by atomic mass is 32.2. The monoisotopic (exact) mass is 238 g/mol. The summed E-state index contributed by atoms with van der Waals surface area (Å²) in [4.78, 5) is 22.8. The summed E-state index contributed by atoms with van der Waals surface area (Å²) in [5, 5.41) is 4.61. The minimum Gasteiger partial charge on any atom is -0.308 e. The number of carbonyl (C=O) groups is 2. The fraction of sp³-hybridized carbons (Fsp3) is 0.273. The van der Waals surface area contributed by atoms with E-state index in [0.717, 1.165) is 0 Å². The Kier molecular flexibility index (Phi) is 4.85. The first kappa shape index (κ1) is 12.6. The summed E-state index contributed by atoms with van der Waals surface area (Å²) in [6.07, 6.45) is 1.82. The maximum absolute atomic E-state index is 11.4. The number of imide groups is 1. The second-order valence-electron chi connectivity index (χ2n) is 3.19. The van der Waals surface area contributed by atoms with Gasteiger partial charge in [-0.1, -0.05) is 18.2 Å². The molecule has 1 atom stereocenters. The van der Waals surface area contributed by atoms with E-state index in [1.165, 1.54) is 11.8 Å². The Hall–Kier alpha value is -1.49. The summed E-state index contributed by atoms with van der Waals surface area (Å²) in [5.74, 6) is -0.291. The molecular weight excluding hydrogens is 224 g/mol. The zero-order chi connectivity index (χ0) is 12.0. The van der Waals surface area contributed by atoms with Crippen LogP contribution in [0.4, 0.5) is 10.5 Å². The molecule has 0 unspecified atom stereocenters. The topological polar surface area (TPSA) is 58.2 Å². The molecule has 0 fully saturated rings. The SMILES string of the molecule is CS[C@H](C)C(=O)NC(=O)Nc1ccccc1. The molecule has 0 aromatic heterocycles. The van der Waals surface area contributed by atoms with Gasteiger partial charge in [0, 0.05) is 5.69 Å². The van der Waals surface area contributed by atoms with E-state index in [4.69, 9.17) is 0 Å². The smallest absolute Gasteiger partial charge is 0.308 e. The number of amides is 3. The minimum absolute atomic E-state index is 0.235. The fourth-order valence-electron chi connectivity index (χ4n) is 1.00. The van der Waals surface area contributed by atoms with E-state index in [2.05, 4.69) is 10.6 Å². The molecule has 2 N–H and O–H groups in total. The number of benzene rings is 1. The van der Waals surface area contributed by atoms with Gasteiger partial charge in [0.25, 0.3) is 0 Å². The number of urea groups is 1. The van der Waals surface area contributed by atoms with Crippen LogP contribution in [0, 0.1) is 0 Å². The lowest BCUT2D eigenvalue weighted by molar-refractivity contribution is -0.119. The average Bonchev–Trinajstić information content (AvgIpc) is 2.29. The zero-order valence-electron chi connectivity index (χ0n) is 9.19. The van der Waals surface area contributed by atoms with Gasteiger partial charge in [-0.2, -0.15) is 11.8 Å². The van der Waals surface area contributed by atoms with Crippen LogP contribution in [0.25, 0.3) is 0 Å². The molecule has 0 bridgehead atoms. The van der Waals surface area contributed by atoms with Gasteiger partial charge in [0.15, 0.2) is 0 Å². The van der Waals surface area contributed by atoms with Gasteiger partial charge in [-0.3, -0.25) is 10.1 Å². The second-order valence-corrected chi connectivity index (χ2v) is 4.37. The van der Waals surface area contributed by atoms with Gasteiger partial charge in [0.2, 0.25) is 5.91 Å². The third-order valence-electron chi connectivity index (χ3n) is 1.99. The van der Waals surface area contributed by atoms with Crippen LogP contribution in [0.5, 0.6) is 0 Å². The Balaban J connectivity index is 2.46. The summed E-state index contributed by atoms with van der Waals surface area (Å²) in [5.41, 5.74) is 0.657. The Bertz CT molecular complexity index is 368. The number of thioether (sulfide) groups is 1. The van der Waals surface area contributed by atoms with Crippen molar-refractivity contribution in [3.8, 4) is 0 Å². The molecule has 3 amide bonds. The molecule has 0 saturated heterocycles. The quantitative estimate of drug-likeness (QED) is 0.847. The van der Waals surface area contributed by atoms with Gasteiger partial charge in [-0.05, 0) is 25.3 Å². The van der Waals surface area contributed by atoms with E-state index in [1.54, 1.807) is 19.1 Å². The number of rotatable bonds is 3. The van der Waals surface area contributed by atoms with E-state index in [0.29, 0.717) is 5.69 Å². The lowest BCUT2D eigenvalue weighted by atomic mass is 10.3. The van der Waals surface area contributed by atoms with Crippen molar-refractivity contribution in [2.75, 3.05) is 11.6 Å². The van der Waals surface area contributed by atoms with Crippen LogP contribution in [-0.4, -0.2) is 23.4 Å². The molecule has 1 rings (SSSR count). The molecule has 0 aliphatic carbocycles. The van der Waals surface area contributed by atoms with Crippen LogP contribution in [0.15, 0.2) is 30.3 Å². The van der Waals surface area contributed by atoms with E-state index < -0.39 is 6.03 Å². The van der Waals surface area contributed by atoms with Crippen molar-refractivity contribution in [2.24, 2.45) is 0 Å². The molecule has 0 aliphatic rings. The van der Waals surface area contributed by atoms with Crippen LogP contribution in [0.2, 0.25) is 0 Å². The summed E-state index contributed by atoms with van der Waals surface area (Å²) in [6, 6.07) is 8.47. The third-order valence-corrected chi connectivity index (χ3v) is 2.91. The molecule has 0 heterocycles. The fourth-order valence-corrected chi connectivity index (χ4v) is 1.28. The van der Waals surface area contributed by atoms with Crippen LogP contribution in [-0.2, 0) is 4.79 Å². The van der Waals surface area contributed by atoms with Crippen LogP contribution in [0.1, 0.15) is 6.92 Å². The molecule has 5 heteroatoms. The molecule has 86 valence electrons. The number of nitrogens with one attached hydrogen (secondary N) is 2. The van der Waals surface area contributed by atoms with E-state index in [9.17, 15) is 9.59 Å². The molecule has 0 aliphatic heterocycles. The van der Waals surface area contributed by atoms with Crippen molar-refractivity contribution in [1.82, 2.24) is 5.32 Å². The number of anilines is 1. The number of hydrogen-bond acceptors (Lipinski definition) is 3. The summed E-state index contributed by atoms with van der Waals surface area (Å²) in [6.45, 7) is 1.75. The van der Waals surface area contributed by atoms with Gasteiger partial charge in [-0.15, -0.1) is 0 Å². The molecule has 1 aromatic rings. The molecule has 0 radical (unpaired) electrons. The maximum Gasteiger partial charge on any atom is 0.325 e. The third kappa shape index (κ3) is 3.94. The van der Waals surface area contributed by atoms with Crippen molar-refractivity contribution in [1.29, 1.82) is 0 Å². The lowest BCUT2D eigenvalue weighted by Crippen LogP contribution is -2.38. The van der Waals surface area contributed by atoms with Gasteiger partial charge < -0.3 is 5.32 Å². The van der Waals surface area contributed by atoms with E-state index in [1.807, 2.05) is 24.5 Å². The molecule has 16 heavy (non-hydrogen) atoms. The molecule has 0 spiro atoms. The maximum atomic E-state index is 11.4. The first-order valence-electron chi connectivity index (χ1n) is 4.83. The van der Waals surface area contributed by atoms with Crippen molar-refractivity contribution in [2.45, 2.75) is 12.2 Å². The van der Waals surface area contributed by atoms with Crippen molar-refractivity contribution >= 4 is 29.4 Å². The minimum atomic E-state index is -0.503. The number of hydrogen-bond donors (Lipinski definition) is 2. The molecule has 4 nitrogen and oxygen atoms in total. The Morgan fingerprint density at radius 2 is 1.88 bits per heavy atom. The van der Waals surface area contributed by atoms with Crippen LogP contribution < -0.4 is 10.6 Å². The predicted octanol–water partition coefficient (Wildman–Crippen LogP) is 2.09. The molecule has 0 saturated carbocycles. The predicted molar refractivity (Wildman–Crippen MR) is 66.6 cm³/mol. The molecular formula is C11H14N2O2S. The zero-order valence-corrected chi connectivity index (χ0v) is 10.0. The first-order chi connectivity index (χ1) is 7.63. The van der Waals surface area contributed by atoms with Crippen LogP contribution >= 0.6 is 11.8 Å². The number of carbonyl (C=O) groups excluding carboxylic acids is 2. The average molecular weight is 238 g/mol. The largest absolute Gasteiger partial charge is 0.325 e. The first-order valence-corrected chi connectivity index (χ1v) is 6.12. The Labute approximate surface area is 98.8 Å². The van der Waals surface area contributed by atoms with Crippen LogP contribution in [0.3, 0.4) is 0 Å². The number of para-hydroxylation sites is 1. The van der Waals surface area contributed by atoms with Crippen molar-refractivity contribution < 1.29 is 9.59 Å². The van der Waals surface area contributed by atoms with Gasteiger partial charge in [-0.25, -0.2) is 4.79 Å². The normalized spacial score (nSPS) is 11.6. The van der Waals surface area contributed by atoms with Gasteiger partial charge >= 0.3 is 6.03 Å².